The molecule has 0 saturated carbocycles. The van der Waals surface area contributed by atoms with Crippen LogP contribution in [-0.2, 0) is 14.3 Å². The first-order chi connectivity index (χ1) is 18.0. The predicted molar refractivity (Wildman–Crippen MR) is 128 cm³/mol. The van der Waals surface area contributed by atoms with E-state index < -0.39 is 71.4 Å². The molecular weight excluding hydrogens is 530 g/mol. The van der Waals surface area contributed by atoms with E-state index >= 15 is 0 Å². The van der Waals surface area contributed by atoms with Crippen LogP contribution < -0.4 is 10.6 Å². The van der Waals surface area contributed by atoms with Crippen molar-refractivity contribution in [1.29, 1.82) is 0 Å². The van der Waals surface area contributed by atoms with Crippen molar-refractivity contribution >= 4 is 56.9 Å². The van der Waals surface area contributed by atoms with Gasteiger partial charge in [0.1, 0.15) is 29.9 Å². The second-order valence-corrected chi connectivity index (χ2v) is 8.05. The fourth-order valence-electron chi connectivity index (χ4n) is 3.41. The first-order valence-electron chi connectivity index (χ1n) is 10.6. The van der Waals surface area contributed by atoms with Crippen LogP contribution in [0, 0.1) is 11.6 Å². The average Bonchev–Trinajstić information content (AvgIpc) is 2.88. The van der Waals surface area contributed by atoms with Crippen LogP contribution >= 0.6 is 11.6 Å². The van der Waals surface area contributed by atoms with Crippen molar-refractivity contribution in [1.82, 2.24) is 20.6 Å². The Morgan fingerprint density at radius 3 is 2.03 bits per heavy atom. The predicted octanol–water partition coefficient (Wildman–Crippen LogP) is 2.36. The fraction of sp³-hybridized carbons (Fsp3) is 0.0833. The number of aromatic hydroxyl groups is 2. The van der Waals surface area contributed by atoms with Crippen LogP contribution in [0.1, 0.15) is 21.0 Å². The van der Waals surface area contributed by atoms with E-state index in [1.165, 1.54) is 12.1 Å². The summed E-state index contributed by atoms with van der Waals surface area (Å²) >= 11 is 5.96. The van der Waals surface area contributed by atoms with Crippen LogP contribution in [0.2, 0.25) is 5.15 Å². The van der Waals surface area contributed by atoms with Gasteiger partial charge in [-0.3, -0.25) is 9.59 Å². The number of carbonyl (C=O) groups is 4. The van der Waals surface area contributed by atoms with Crippen LogP contribution in [-0.4, -0.2) is 57.0 Å². The molecule has 0 atom stereocenters. The molecule has 0 bridgehead atoms. The van der Waals surface area contributed by atoms with Gasteiger partial charge in [-0.15, -0.1) is 0 Å². The second kappa shape index (κ2) is 10.6. The maximum atomic E-state index is 13.4. The normalized spacial score (nSPS) is 10.8. The Morgan fingerprint density at radius 1 is 0.816 bits per heavy atom. The molecule has 194 valence electrons. The molecule has 0 spiro atoms. The monoisotopic (exact) mass is 544 g/mol. The third kappa shape index (κ3) is 5.42. The number of nitrogens with zero attached hydrogens (tertiary/aromatic N) is 2. The molecule has 2 amide bonds. The molecule has 0 radical (unpaired) electrons. The Hall–Kier alpha value is -4.91. The van der Waals surface area contributed by atoms with Gasteiger partial charge in [-0.05, 0) is 36.4 Å². The van der Waals surface area contributed by atoms with Crippen LogP contribution in [0.3, 0.4) is 0 Å². The molecule has 4 rings (SSSR count). The standard InChI is InChI=1S/C24H15ClF2N4O7/c25-22-15-6-12(27)2-4-14(15)21(35)19(31-22)24(37)30-9-17(33)38-16(32)8-29-23(36)18-20(34)13-3-1-11(26)5-10(13)7-28-18/h1-7,34-35H,8-9H2,(H,29,36)(H,30,37). The Bertz CT molecular complexity index is 1650. The number of carbonyl (C=O) groups excluding carboxylic acids is 4. The number of aromatic nitrogens is 2. The smallest absolute Gasteiger partial charge is 0.333 e. The molecule has 0 aliphatic heterocycles. The SMILES string of the molecule is O=C(CNC(=O)c1ncc2cc(F)ccc2c1O)OC(=O)CNC(=O)c1nc(Cl)c2cc(F)ccc2c1O. The van der Waals surface area contributed by atoms with Gasteiger partial charge >= 0.3 is 11.9 Å². The fourth-order valence-corrected chi connectivity index (χ4v) is 3.65. The third-order valence-electron chi connectivity index (χ3n) is 5.16. The molecule has 11 nitrogen and oxygen atoms in total. The molecule has 0 aliphatic rings. The summed E-state index contributed by atoms with van der Waals surface area (Å²) in [4.78, 5) is 56.0. The van der Waals surface area contributed by atoms with Gasteiger partial charge in [0, 0.05) is 27.7 Å². The summed E-state index contributed by atoms with van der Waals surface area (Å²) in [5.74, 6) is -6.76. The number of hydrogen-bond acceptors (Lipinski definition) is 9. The lowest BCUT2D eigenvalue weighted by Gasteiger charge is -2.10. The molecule has 0 fully saturated rings. The number of esters is 2. The van der Waals surface area contributed by atoms with Gasteiger partial charge in [-0.2, -0.15) is 0 Å². The highest BCUT2D eigenvalue weighted by atomic mass is 35.5. The highest BCUT2D eigenvalue weighted by molar-refractivity contribution is 6.35. The van der Waals surface area contributed by atoms with Crippen molar-refractivity contribution in [2.75, 3.05) is 13.1 Å². The average molecular weight is 545 g/mol. The van der Waals surface area contributed by atoms with Gasteiger partial charge in [0.05, 0.1) is 0 Å². The van der Waals surface area contributed by atoms with Gasteiger partial charge in [-0.1, -0.05) is 11.6 Å². The minimum absolute atomic E-state index is 0.0455. The molecule has 0 aliphatic carbocycles. The lowest BCUT2D eigenvalue weighted by atomic mass is 10.1. The summed E-state index contributed by atoms with van der Waals surface area (Å²) in [5, 5.41) is 25.0. The molecule has 2 aromatic heterocycles. The molecule has 38 heavy (non-hydrogen) atoms. The van der Waals surface area contributed by atoms with Crippen LogP contribution in [0.15, 0.2) is 42.6 Å². The number of nitrogens with one attached hydrogen (secondary N) is 2. The summed E-state index contributed by atoms with van der Waals surface area (Å²) in [6.07, 6.45) is 1.16. The number of halogens is 3. The molecule has 14 heteroatoms. The Balaban J connectivity index is 1.32. The van der Waals surface area contributed by atoms with E-state index in [4.69, 9.17) is 11.6 Å². The van der Waals surface area contributed by atoms with Crippen LogP contribution in [0.25, 0.3) is 21.5 Å². The highest BCUT2D eigenvalue weighted by Crippen LogP contribution is 2.32. The number of hydrogen-bond donors (Lipinski definition) is 4. The van der Waals surface area contributed by atoms with Gasteiger partial charge in [0.25, 0.3) is 11.8 Å². The Labute approximate surface area is 216 Å². The number of ether oxygens (including phenoxy) is 1. The van der Waals surface area contributed by atoms with E-state index in [1.807, 2.05) is 0 Å². The lowest BCUT2D eigenvalue weighted by molar-refractivity contribution is -0.158. The maximum Gasteiger partial charge on any atom is 0.333 e. The van der Waals surface area contributed by atoms with Crippen molar-refractivity contribution in [2.45, 2.75) is 0 Å². The molecule has 2 aromatic carbocycles. The first-order valence-corrected chi connectivity index (χ1v) is 11.0. The van der Waals surface area contributed by atoms with E-state index in [0.717, 1.165) is 30.5 Å². The minimum atomic E-state index is -1.21. The van der Waals surface area contributed by atoms with E-state index in [9.17, 15) is 38.2 Å². The second-order valence-electron chi connectivity index (χ2n) is 7.69. The molecule has 2 heterocycles. The molecule has 4 N–H and O–H groups in total. The number of rotatable bonds is 6. The quantitative estimate of drug-likeness (QED) is 0.162. The lowest BCUT2D eigenvalue weighted by Crippen LogP contribution is -2.36. The van der Waals surface area contributed by atoms with Crippen molar-refractivity contribution in [2.24, 2.45) is 0 Å². The minimum Gasteiger partial charge on any atom is -0.505 e. The van der Waals surface area contributed by atoms with E-state index in [2.05, 4.69) is 25.3 Å². The summed E-state index contributed by atoms with van der Waals surface area (Å²) < 4.78 is 31.2. The van der Waals surface area contributed by atoms with Crippen molar-refractivity contribution in [3.05, 3.63) is 70.8 Å². The van der Waals surface area contributed by atoms with E-state index in [-0.39, 0.29) is 26.7 Å². The van der Waals surface area contributed by atoms with Crippen LogP contribution in [0.5, 0.6) is 11.5 Å². The summed E-state index contributed by atoms with van der Waals surface area (Å²) in [7, 11) is 0. The highest BCUT2D eigenvalue weighted by Gasteiger charge is 2.21. The Morgan fingerprint density at radius 2 is 1.37 bits per heavy atom. The summed E-state index contributed by atoms with van der Waals surface area (Å²) in [6.45, 7) is -1.61. The summed E-state index contributed by atoms with van der Waals surface area (Å²) in [6, 6.07) is 6.70. The topological polar surface area (TPSA) is 168 Å². The van der Waals surface area contributed by atoms with Crippen LogP contribution in [0.4, 0.5) is 8.78 Å². The van der Waals surface area contributed by atoms with Gasteiger partial charge in [0.15, 0.2) is 22.9 Å². The largest absolute Gasteiger partial charge is 0.505 e. The molecule has 0 unspecified atom stereocenters. The first kappa shape index (κ1) is 26.2. The van der Waals surface area contributed by atoms with Crippen molar-refractivity contribution < 1.29 is 42.9 Å². The molecule has 4 aromatic rings. The molecular formula is C24H15ClF2N4O7. The maximum absolute atomic E-state index is 13.4. The van der Waals surface area contributed by atoms with Gasteiger partial charge in [0.2, 0.25) is 0 Å². The van der Waals surface area contributed by atoms with Gasteiger partial charge < -0.3 is 25.6 Å². The summed E-state index contributed by atoms with van der Waals surface area (Å²) in [5.41, 5.74) is -0.995. The number of fused-ring (bicyclic) bond motifs is 2. The number of benzene rings is 2. The molecule has 0 saturated heterocycles. The number of pyridine rings is 2. The van der Waals surface area contributed by atoms with Gasteiger partial charge in [-0.25, -0.2) is 28.3 Å². The Kier molecular flexibility index (Phi) is 7.30. The zero-order valence-electron chi connectivity index (χ0n) is 18.9. The number of amides is 2. The van der Waals surface area contributed by atoms with Crippen molar-refractivity contribution in [3.63, 3.8) is 0 Å². The van der Waals surface area contributed by atoms with E-state index in [1.54, 1.807) is 0 Å². The zero-order valence-corrected chi connectivity index (χ0v) is 19.7. The zero-order chi connectivity index (χ0) is 27.6. The third-order valence-corrected chi connectivity index (χ3v) is 5.45. The van der Waals surface area contributed by atoms with Crippen molar-refractivity contribution in [3.8, 4) is 11.5 Å². The van der Waals surface area contributed by atoms with E-state index in [0.29, 0.717) is 0 Å².